The molecule has 0 radical (unpaired) electrons. The van der Waals surface area contributed by atoms with Crippen LogP contribution in [0.1, 0.15) is 43.0 Å². The molecule has 0 aromatic heterocycles. The lowest BCUT2D eigenvalue weighted by Crippen LogP contribution is -2.43. The number of piperidine rings is 1. The number of hydrogen-bond donors (Lipinski definition) is 1. The van der Waals surface area contributed by atoms with Crippen LogP contribution in [0.4, 0.5) is 8.78 Å². The number of fused-ring (bicyclic) bond motifs is 3. The minimum Gasteiger partial charge on any atom is -0.435 e. The van der Waals surface area contributed by atoms with Gasteiger partial charge < -0.3 is 14.8 Å². The van der Waals surface area contributed by atoms with Crippen LogP contribution in [0.25, 0.3) is 0 Å². The van der Waals surface area contributed by atoms with Crippen LogP contribution in [0.3, 0.4) is 0 Å². The molecule has 19 heavy (non-hydrogen) atoms. The van der Waals surface area contributed by atoms with E-state index in [-0.39, 0.29) is 24.0 Å². The van der Waals surface area contributed by atoms with Gasteiger partial charge in [0, 0.05) is 0 Å². The van der Waals surface area contributed by atoms with Gasteiger partial charge in [-0.2, -0.15) is 8.78 Å². The van der Waals surface area contributed by atoms with Gasteiger partial charge in [0.2, 0.25) is 0 Å². The molecule has 1 aromatic rings. The van der Waals surface area contributed by atoms with Crippen LogP contribution in [0.15, 0.2) is 18.2 Å². The highest BCUT2D eigenvalue weighted by Crippen LogP contribution is 2.41. The quantitative estimate of drug-likeness (QED) is 0.894. The number of halogens is 2. The summed E-state index contributed by atoms with van der Waals surface area (Å²) in [5.74, 6) is 0.193. The minimum atomic E-state index is -2.79. The summed E-state index contributed by atoms with van der Waals surface area (Å²) >= 11 is 0. The zero-order valence-corrected chi connectivity index (χ0v) is 10.7. The smallest absolute Gasteiger partial charge is 0.387 e. The molecule has 5 heteroatoms. The Hall–Kier alpha value is -1.20. The van der Waals surface area contributed by atoms with Crippen molar-refractivity contribution in [3.63, 3.8) is 0 Å². The second kappa shape index (κ2) is 5.06. The summed E-state index contributed by atoms with van der Waals surface area (Å²) in [7, 11) is 0. The first kappa shape index (κ1) is 12.8. The van der Waals surface area contributed by atoms with Crippen molar-refractivity contribution in [3.8, 4) is 5.75 Å². The minimum absolute atomic E-state index is 0.0858. The van der Waals surface area contributed by atoms with Crippen LogP contribution in [0, 0.1) is 0 Å². The van der Waals surface area contributed by atoms with Crippen LogP contribution in [0.5, 0.6) is 5.75 Å². The lowest BCUT2D eigenvalue weighted by Gasteiger charge is -2.40. The number of benzene rings is 1. The van der Waals surface area contributed by atoms with Gasteiger partial charge in [-0.1, -0.05) is 6.07 Å². The van der Waals surface area contributed by atoms with Gasteiger partial charge in [-0.05, 0) is 49.6 Å². The van der Waals surface area contributed by atoms with E-state index in [0.29, 0.717) is 0 Å². The van der Waals surface area contributed by atoms with E-state index in [1.165, 1.54) is 0 Å². The third-order valence-corrected chi connectivity index (χ3v) is 3.84. The van der Waals surface area contributed by atoms with E-state index in [1.807, 2.05) is 13.0 Å². The molecule has 2 aliphatic heterocycles. The van der Waals surface area contributed by atoms with Crippen molar-refractivity contribution in [2.45, 2.75) is 44.6 Å². The van der Waals surface area contributed by atoms with Crippen LogP contribution in [-0.2, 0) is 4.74 Å². The number of ether oxygens (including phenoxy) is 2. The van der Waals surface area contributed by atoms with Crippen molar-refractivity contribution in [3.05, 3.63) is 29.3 Å². The Morgan fingerprint density at radius 1 is 1.37 bits per heavy atom. The normalized spacial score (nSPS) is 29.8. The van der Waals surface area contributed by atoms with E-state index in [1.54, 1.807) is 12.1 Å². The molecule has 0 bridgehead atoms. The Labute approximate surface area is 110 Å². The average Bonchev–Trinajstić information content (AvgIpc) is 2.38. The molecular formula is C14H17F2NO2. The fraction of sp³-hybridized carbons (Fsp3) is 0.571. The summed E-state index contributed by atoms with van der Waals surface area (Å²) in [6.45, 7) is 0.127. The first-order valence-electron chi connectivity index (χ1n) is 6.62. The zero-order valence-electron chi connectivity index (χ0n) is 10.7. The molecule has 2 heterocycles. The van der Waals surface area contributed by atoms with Crippen LogP contribution < -0.4 is 10.1 Å². The summed E-state index contributed by atoms with van der Waals surface area (Å²) in [4.78, 5) is 0. The van der Waals surface area contributed by atoms with Gasteiger partial charge in [-0.3, -0.25) is 0 Å². The maximum Gasteiger partial charge on any atom is 0.387 e. The van der Waals surface area contributed by atoms with E-state index in [0.717, 1.165) is 30.5 Å². The molecular weight excluding hydrogens is 252 g/mol. The highest BCUT2D eigenvalue weighted by molar-refractivity contribution is 5.41. The summed E-state index contributed by atoms with van der Waals surface area (Å²) in [6, 6.07) is 5.32. The largest absolute Gasteiger partial charge is 0.435 e. The lowest BCUT2D eigenvalue weighted by atomic mass is 9.86. The van der Waals surface area contributed by atoms with Crippen molar-refractivity contribution >= 4 is 0 Å². The molecule has 104 valence electrons. The summed E-state index contributed by atoms with van der Waals surface area (Å²) in [6.07, 6.45) is 2.24. The predicted molar refractivity (Wildman–Crippen MR) is 66.3 cm³/mol. The molecule has 0 amide bonds. The Morgan fingerprint density at radius 3 is 3.00 bits per heavy atom. The van der Waals surface area contributed by atoms with Gasteiger partial charge in [-0.15, -0.1) is 0 Å². The highest BCUT2D eigenvalue weighted by atomic mass is 19.3. The molecule has 3 nitrogen and oxygen atoms in total. The standard InChI is InChI=1S/C14H17F2NO2/c1-8-11-7-9(19-14(15)16)4-5-10(11)13-12(18-8)3-2-6-17-13/h4-5,7-8,12-14,17H,2-3,6H2,1H3/t8-,12+,13+/m1/s1. The first-order chi connectivity index (χ1) is 9.15. The number of hydrogen-bond acceptors (Lipinski definition) is 3. The van der Waals surface area contributed by atoms with E-state index >= 15 is 0 Å². The summed E-state index contributed by atoms with van der Waals surface area (Å²) in [5, 5.41) is 3.44. The van der Waals surface area contributed by atoms with Gasteiger partial charge in [0.15, 0.2) is 0 Å². The molecule has 3 atom stereocenters. The zero-order chi connectivity index (χ0) is 13.4. The molecule has 1 fully saturated rings. The highest BCUT2D eigenvalue weighted by Gasteiger charge is 2.35. The molecule has 0 saturated carbocycles. The van der Waals surface area contributed by atoms with Crippen molar-refractivity contribution in [2.75, 3.05) is 6.54 Å². The maximum atomic E-state index is 12.3. The van der Waals surface area contributed by atoms with E-state index in [4.69, 9.17) is 4.74 Å². The Bertz CT molecular complexity index is 467. The predicted octanol–water partition coefficient (Wildman–Crippen LogP) is 3.17. The molecule has 1 saturated heterocycles. The van der Waals surface area contributed by atoms with Gasteiger partial charge in [0.1, 0.15) is 5.75 Å². The summed E-state index contributed by atoms with van der Waals surface area (Å²) in [5.41, 5.74) is 2.08. The molecule has 2 aliphatic rings. The Morgan fingerprint density at radius 2 is 2.21 bits per heavy atom. The number of alkyl halides is 2. The second-order valence-electron chi connectivity index (χ2n) is 5.06. The lowest BCUT2D eigenvalue weighted by molar-refractivity contribution is -0.0573. The third kappa shape index (κ3) is 2.44. The molecule has 1 N–H and O–H groups in total. The number of nitrogens with one attached hydrogen (secondary N) is 1. The van der Waals surface area contributed by atoms with Gasteiger partial charge in [0.25, 0.3) is 0 Å². The Kier molecular flexibility index (Phi) is 3.41. The average molecular weight is 269 g/mol. The van der Waals surface area contributed by atoms with Crippen molar-refractivity contribution in [2.24, 2.45) is 0 Å². The van der Waals surface area contributed by atoms with Crippen LogP contribution in [-0.4, -0.2) is 19.3 Å². The molecule has 3 rings (SSSR count). The van der Waals surface area contributed by atoms with Crippen molar-refractivity contribution < 1.29 is 18.3 Å². The van der Waals surface area contributed by atoms with Crippen molar-refractivity contribution in [1.29, 1.82) is 0 Å². The van der Waals surface area contributed by atoms with Gasteiger partial charge in [-0.25, -0.2) is 0 Å². The maximum absolute atomic E-state index is 12.3. The molecule has 0 spiro atoms. The topological polar surface area (TPSA) is 30.5 Å². The fourth-order valence-electron chi connectivity index (χ4n) is 3.02. The Balaban J connectivity index is 1.93. The van der Waals surface area contributed by atoms with E-state index in [9.17, 15) is 8.78 Å². The third-order valence-electron chi connectivity index (χ3n) is 3.84. The first-order valence-corrected chi connectivity index (χ1v) is 6.62. The van der Waals surface area contributed by atoms with Crippen LogP contribution in [0.2, 0.25) is 0 Å². The second-order valence-corrected chi connectivity index (χ2v) is 5.06. The summed E-state index contributed by atoms with van der Waals surface area (Å²) < 4.78 is 34.9. The van der Waals surface area contributed by atoms with Gasteiger partial charge in [0.05, 0.1) is 18.2 Å². The SMILES string of the molecule is C[C@H]1O[C@H]2CCCN[C@H]2c2ccc(OC(F)F)cc21. The van der Waals surface area contributed by atoms with Crippen LogP contribution >= 0.6 is 0 Å². The fourth-order valence-corrected chi connectivity index (χ4v) is 3.02. The molecule has 0 aliphatic carbocycles. The monoisotopic (exact) mass is 269 g/mol. The van der Waals surface area contributed by atoms with Crippen molar-refractivity contribution in [1.82, 2.24) is 5.32 Å². The molecule has 0 unspecified atom stereocenters. The number of rotatable bonds is 2. The van der Waals surface area contributed by atoms with E-state index in [2.05, 4.69) is 10.1 Å². The molecule has 1 aromatic carbocycles. The van der Waals surface area contributed by atoms with E-state index < -0.39 is 6.61 Å². The van der Waals surface area contributed by atoms with Gasteiger partial charge >= 0.3 is 6.61 Å².